The largest absolute Gasteiger partial charge is 0.338 e. The van der Waals surface area contributed by atoms with E-state index >= 15 is 0 Å². The summed E-state index contributed by atoms with van der Waals surface area (Å²) in [6.07, 6.45) is 0. The highest BCUT2D eigenvalue weighted by Gasteiger charge is 2.15. The van der Waals surface area contributed by atoms with Gasteiger partial charge in [-0.2, -0.15) is 0 Å². The molecule has 0 radical (unpaired) electrons. The fraction of sp³-hybridized carbons (Fsp3) is 0.273. The molecule has 0 atom stereocenters. The highest BCUT2D eigenvalue weighted by Crippen LogP contribution is 2.08. The summed E-state index contributed by atoms with van der Waals surface area (Å²) in [7, 11) is 1.35. The first kappa shape index (κ1) is 13.0. The summed E-state index contributed by atoms with van der Waals surface area (Å²) in [5, 5.41) is 4.95. The Morgan fingerprint density at radius 2 is 1.82 bits per heavy atom. The molecule has 17 heavy (non-hydrogen) atoms. The van der Waals surface area contributed by atoms with Crippen molar-refractivity contribution in [3.63, 3.8) is 0 Å². The molecule has 0 bridgehead atoms. The number of hydrogen-bond acceptors (Lipinski definition) is 2. The Hall–Kier alpha value is -2.11. The van der Waals surface area contributed by atoms with E-state index < -0.39 is 12.1 Å². The van der Waals surface area contributed by atoms with Gasteiger partial charge in [0.1, 0.15) is 5.82 Å². The molecule has 1 aromatic carbocycles. The second kappa shape index (κ2) is 5.83. The predicted octanol–water partition coefficient (Wildman–Crippen LogP) is 2.02. The Bertz CT molecular complexity index is 406. The number of imide groups is 1. The van der Waals surface area contributed by atoms with E-state index in [1.165, 1.54) is 31.3 Å². The average Bonchev–Trinajstić information content (AvgIpc) is 2.31. The van der Waals surface area contributed by atoms with Gasteiger partial charge in [0.05, 0.1) is 0 Å². The molecular weight excluding hydrogens is 225 g/mol. The van der Waals surface area contributed by atoms with Gasteiger partial charge in [-0.3, -0.25) is 0 Å². The van der Waals surface area contributed by atoms with Crippen molar-refractivity contribution in [1.82, 2.24) is 10.2 Å². The molecule has 0 aliphatic carbocycles. The molecule has 1 rings (SSSR count). The van der Waals surface area contributed by atoms with Crippen molar-refractivity contribution >= 4 is 17.7 Å². The molecule has 0 saturated heterocycles. The number of nitrogens with zero attached hydrogens (tertiary/aromatic N) is 1. The molecule has 0 heterocycles. The number of halogens is 1. The van der Waals surface area contributed by atoms with Crippen LogP contribution in [0.4, 0.5) is 19.7 Å². The minimum Gasteiger partial charge on any atom is -0.338 e. The Labute approximate surface area is 98.6 Å². The smallest absolute Gasteiger partial charge is 0.329 e. The van der Waals surface area contributed by atoms with E-state index in [1.807, 2.05) is 0 Å². The number of nitrogens with one attached hydrogen (secondary N) is 2. The highest BCUT2D eigenvalue weighted by atomic mass is 19.1. The van der Waals surface area contributed by atoms with Gasteiger partial charge in [0.2, 0.25) is 0 Å². The molecule has 0 aliphatic heterocycles. The van der Waals surface area contributed by atoms with Gasteiger partial charge in [0.15, 0.2) is 0 Å². The van der Waals surface area contributed by atoms with Crippen LogP contribution in [0.3, 0.4) is 0 Å². The number of rotatable bonds is 2. The monoisotopic (exact) mass is 239 g/mol. The Kier molecular flexibility index (Phi) is 4.45. The molecule has 0 spiro atoms. The van der Waals surface area contributed by atoms with Gasteiger partial charge >= 0.3 is 12.1 Å². The minimum absolute atomic E-state index is 0.389. The molecule has 0 fully saturated rings. The van der Waals surface area contributed by atoms with Gasteiger partial charge in [-0.25, -0.2) is 18.9 Å². The molecule has 1 aromatic rings. The van der Waals surface area contributed by atoms with E-state index in [1.54, 1.807) is 6.92 Å². The summed E-state index contributed by atoms with van der Waals surface area (Å²) >= 11 is 0. The lowest BCUT2D eigenvalue weighted by Gasteiger charge is -2.16. The van der Waals surface area contributed by atoms with Crippen LogP contribution < -0.4 is 10.6 Å². The van der Waals surface area contributed by atoms with Crippen molar-refractivity contribution in [2.24, 2.45) is 0 Å². The normalized spacial score (nSPS) is 9.59. The molecule has 6 heteroatoms. The zero-order valence-electron chi connectivity index (χ0n) is 9.66. The van der Waals surface area contributed by atoms with E-state index in [-0.39, 0.29) is 5.82 Å². The van der Waals surface area contributed by atoms with E-state index in [9.17, 15) is 14.0 Å². The molecule has 0 aromatic heterocycles. The average molecular weight is 239 g/mol. The van der Waals surface area contributed by atoms with Crippen molar-refractivity contribution in [3.05, 3.63) is 30.1 Å². The van der Waals surface area contributed by atoms with E-state index in [2.05, 4.69) is 10.6 Å². The van der Waals surface area contributed by atoms with Gasteiger partial charge in [-0.1, -0.05) is 0 Å². The van der Waals surface area contributed by atoms with E-state index in [0.29, 0.717) is 12.2 Å². The Morgan fingerprint density at radius 1 is 1.24 bits per heavy atom. The standard InChI is InChI=1S/C11H14FN3O2/c1-3-13-10(16)15(2)11(17)14-9-6-4-8(12)5-7-9/h4-7H,3H2,1-2H3,(H,13,16)(H,14,17). The Morgan fingerprint density at radius 3 is 2.35 bits per heavy atom. The third kappa shape index (κ3) is 3.75. The number of hydrogen-bond donors (Lipinski definition) is 2. The fourth-order valence-corrected chi connectivity index (χ4v) is 1.10. The molecule has 0 unspecified atom stereocenters. The highest BCUT2D eigenvalue weighted by molar-refractivity contribution is 6.00. The molecular formula is C11H14FN3O2. The van der Waals surface area contributed by atoms with Crippen LogP contribution in [0.15, 0.2) is 24.3 Å². The van der Waals surface area contributed by atoms with Crippen LogP contribution >= 0.6 is 0 Å². The lowest BCUT2D eigenvalue weighted by Crippen LogP contribution is -2.43. The fourth-order valence-electron chi connectivity index (χ4n) is 1.10. The van der Waals surface area contributed by atoms with Gasteiger partial charge in [0.25, 0.3) is 0 Å². The minimum atomic E-state index is -0.581. The first-order chi connectivity index (χ1) is 8.04. The second-order valence-corrected chi connectivity index (χ2v) is 3.33. The molecule has 4 amide bonds. The number of benzene rings is 1. The predicted molar refractivity (Wildman–Crippen MR) is 62.3 cm³/mol. The summed E-state index contributed by atoms with van der Waals surface area (Å²) in [6, 6.07) is 4.20. The summed E-state index contributed by atoms with van der Waals surface area (Å²) in [5.41, 5.74) is 0.424. The van der Waals surface area contributed by atoms with Crippen LogP contribution in [0.1, 0.15) is 6.92 Å². The van der Waals surface area contributed by atoms with Crippen molar-refractivity contribution in [2.75, 3.05) is 18.9 Å². The van der Waals surface area contributed by atoms with E-state index in [4.69, 9.17) is 0 Å². The summed E-state index contributed by atoms with van der Waals surface area (Å²) in [5.74, 6) is -0.389. The zero-order valence-corrected chi connectivity index (χ0v) is 9.66. The summed E-state index contributed by atoms with van der Waals surface area (Å²) in [4.78, 5) is 23.8. The van der Waals surface area contributed by atoms with Crippen LogP contribution in [0.2, 0.25) is 0 Å². The van der Waals surface area contributed by atoms with E-state index in [0.717, 1.165) is 4.90 Å². The number of anilines is 1. The van der Waals surface area contributed by atoms with Gasteiger partial charge in [-0.05, 0) is 31.2 Å². The molecule has 0 aliphatic rings. The van der Waals surface area contributed by atoms with Crippen molar-refractivity contribution in [2.45, 2.75) is 6.92 Å². The SMILES string of the molecule is CCNC(=O)N(C)C(=O)Nc1ccc(F)cc1. The van der Waals surface area contributed by atoms with Crippen LogP contribution in [-0.4, -0.2) is 30.6 Å². The maximum Gasteiger partial charge on any atom is 0.329 e. The molecule has 0 saturated carbocycles. The first-order valence-corrected chi connectivity index (χ1v) is 5.12. The molecule has 5 nitrogen and oxygen atoms in total. The number of amides is 4. The number of urea groups is 2. The van der Waals surface area contributed by atoms with Gasteiger partial charge < -0.3 is 10.6 Å². The summed E-state index contributed by atoms with van der Waals surface area (Å²) in [6.45, 7) is 2.19. The first-order valence-electron chi connectivity index (χ1n) is 5.12. The van der Waals surface area contributed by atoms with Gasteiger partial charge in [-0.15, -0.1) is 0 Å². The second-order valence-electron chi connectivity index (χ2n) is 3.33. The maximum absolute atomic E-state index is 12.6. The lowest BCUT2D eigenvalue weighted by molar-refractivity contribution is 0.202. The van der Waals surface area contributed by atoms with Gasteiger partial charge in [0, 0.05) is 19.3 Å². The van der Waals surface area contributed by atoms with Crippen LogP contribution in [0.25, 0.3) is 0 Å². The maximum atomic E-state index is 12.6. The number of carbonyl (C=O) groups excluding carboxylic acids is 2. The lowest BCUT2D eigenvalue weighted by atomic mass is 10.3. The third-order valence-electron chi connectivity index (χ3n) is 2.03. The summed E-state index contributed by atoms with van der Waals surface area (Å²) < 4.78 is 12.6. The quantitative estimate of drug-likeness (QED) is 0.829. The zero-order chi connectivity index (χ0) is 12.8. The van der Waals surface area contributed by atoms with Crippen molar-refractivity contribution in [1.29, 1.82) is 0 Å². The van der Waals surface area contributed by atoms with Crippen LogP contribution in [0.5, 0.6) is 0 Å². The van der Waals surface area contributed by atoms with Crippen molar-refractivity contribution < 1.29 is 14.0 Å². The van der Waals surface area contributed by atoms with Crippen LogP contribution in [-0.2, 0) is 0 Å². The molecule has 92 valence electrons. The number of carbonyl (C=O) groups is 2. The van der Waals surface area contributed by atoms with Crippen molar-refractivity contribution in [3.8, 4) is 0 Å². The Balaban J connectivity index is 2.59. The van der Waals surface area contributed by atoms with Crippen LogP contribution in [0, 0.1) is 5.82 Å². The third-order valence-corrected chi connectivity index (χ3v) is 2.03. The molecule has 2 N–H and O–H groups in total. The topological polar surface area (TPSA) is 61.4 Å².